The van der Waals surface area contributed by atoms with Gasteiger partial charge in [-0.2, -0.15) is 0 Å². The SMILES string of the molecule is C/C=C/C1CCC(c2ccc(-c3ccc(CCC)c(F)c3)c(F)c2F)CO1. The number of hydrogen-bond donors (Lipinski definition) is 0. The summed E-state index contributed by atoms with van der Waals surface area (Å²) in [5.41, 5.74) is 1.36. The molecule has 0 bridgehead atoms. The van der Waals surface area contributed by atoms with Gasteiger partial charge in [0.05, 0.1) is 12.7 Å². The van der Waals surface area contributed by atoms with Crippen LogP contribution in [0.2, 0.25) is 0 Å². The molecule has 0 amide bonds. The number of allylic oxidation sites excluding steroid dienone is 1. The number of rotatable bonds is 5. The van der Waals surface area contributed by atoms with E-state index in [1.54, 1.807) is 24.3 Å². The zero-order valence-corrected chi connectivity index (χ0v) is 15.8. The van der Waals surface area contributed by atoms with Gasteiger partial charge in [-0.15, -0.1) is 0 Å². The molecule has 1 fully saturated rings. The number of benzene rings is 2. The maximum absolute atomic E-state index is 14.7. The maximum Gasteiger partial charge on any atom is 0.166 e. The predicted octanol–water partition coefficient (Wildman–Crippen LogP) is 6.56. The second kappa shape index (κ2) is 8.75. The number of ether oxygens (including phenoxy) is 1. The molecule has 2 aromatic carbocycles. The van der Waals surface area contributed by atoms with E-state index in [0.29, 0.717) is 29.7 Å². The highest BCUT2D eigenvalue weighted by atomic mass is 19.2. The molecular weight excluding hydrogens is 349 g/mol. The molecular formula is C23H25F3O. The van der Waals surface area contributed by atoms with Gasteiger partial charge in [0.15, 0.2) is 11.6 Å². The minimum Gasteiger partial charge on any atom is -0.374 e. The lowest BCUT2D eigenvalue weighted by Gasteiger charge is -2.28. The summed E-state index contributed by atoms with van der Waals surface area (Å²) in [6.45, 7) is 4.27. The van der Waals surface area contributed by atoms with Crippen LogP contribution < -0.4 is 0 Å². The fourth-order valence-corrected chi connectivity index (χ4v) is 3.67. The van der Waals surface area contributed by atoms with E-state index in [4.69, 9.17) is 4.74 Å². The largest absolute Gasteiger partial charge is 0.374 e. The Morgan fingerprint density at radius 1 is 1.07 bits per heavy atom. The molecule has 0 saturated carbocycles. The first-order valence-corrected chi connectivity index (χ1v) is 9.56. The third kappa shape index (κ3) is 4.27. The topological polar surface area (TPSA) is 9.23 Å². The summed E-state index contributed by atoms with van der Waals surface area (Å²) in [5, 5.41) is 0. The molecule has 0 N–H and O–H groups in total. The average molecular weight is 374 g/mol. The van der Waals surface area contributed by atoms with E-state index in [9.17, 15) is 13.2 Å². The third-order valence-corrected chi connectivity index (χ3v) is 5.15. The Hall–Kier alpha value is -2.07. The second-order valence-corrected chi connectivity index (χ2v) is 7.06. The normalized spacial score (nSPS) is 20.3. The Morgan fingerprint density at radius 3 is 2.52 bits per heavy atom. The molecule has 0 aliphatic carbocycles. The van der Waals surface area contributed by atoms with Crippen LogP contribution in [0.5, 0.6) is 0 Å². The first-order chi connectivity index (χ1) is 13.0. The van der Waals surface area contributed by atoms with Crippen molar-refractivity contribution in [2.24, 2.45) is 0 Å². The molecule has 0 radical (unpaired) electrons. The molecule has 0 aromatic heterocycles. The molecule has 1 saturated heterocycles. The van der Waals surface area contributed by atoms with Gasteiger partial charge in [-0.3, -0.25) is 0 Å². The highest BCUT2D eigenvalue weighted by molar-refractivity contribution is 5.65. The quantitative estimate of drug-likeness (QED) is 0.538. The van der Waals surface area contributed by atoms with Crippen molar-refractivity contribution >= 4 is 0 Å². The van der Waals surface area contributed by atoms with Crippen LogP contribution >= 0.6 is 0 Å². The monoisotopic (exact) mass is 374 g/mol. The van der Waals surface area contributed by atoms with Gasteiger partial charge in [0.2, 0.25) is 0 Å². The maximum atomic E-state index is 14.7. The standard InChI is InChI=1S/C23H25F3O/c1-3-5-15-7-8-16(13-21(15)24)19-11-12-20(23(26)22(19)25)17-9-10-18(6-4-2)27-14-17/h4,6-8,11-13,17-18H,3,5,9-10,14H2,1-2H3/b6-4+. The molecule has 4 heteroatoms. The van der Waals surface area contributed by atoms with Crippen LogP contribution in [0.3, 0.4) is 0 Å². The molecule has 2 unspecified atom stereocenters. The average Bonchev–Trinajstić information content (AvgIpc) is 2.67. The number of halogens is 3. The van der Waals surface area contributed by atoms with Crippen molar-refractivity contribution in [3.63, 3.8) is 0 Å². The van der Waals surface area contributed by atoms with E-state index in [-0.39, 0.29) is 23.4 Å². The first kappa shape index (κ1) is 19.7. The van der Waals surface area contributed by atoms with Crippen molar-refractivity contribution < 1.29 is 17.9 Å². The van der Waals surface area contributed by atoms with Crippen LogP contribution in [-0.2, 0) is 11.2 Å². The Labute approximate surface area is 158 Å². The van der Waals surface area contributed by atoms with Crippen LogP contribution in [0.15, 0.2) is 42.5 Å². The Balaban J connectivity index is 1.84. The van der Waals surface area contributed by atoms with Crippen molar-refractivity contribution in [1.82, 2.24) is 0 Å². The van der Waals surface area contributed by atoms with Crippen molar-refractivity contribution in [1.29, 1.82) is 0 Å². The Morgan fingerprint density at radius 2 is 1.89 bits per heavy atom. The lowest BCUT2D eigenvalue weighted by molar-refractivity contribution is 0.0317. The van der Waals surface area contributed by atoms with E-state index in [1.807, 2.05) is 26.0 Å². The lowest BCUT2D eigenvalue weighted by Crippen LogP contribution is -2.24. The summed E-state index contributed by atoms with van der Waals surface area (Å²) in [7, 11) is 0. The first-order valence-electron chi connectivity index (χ1n) is 9.56. The van der Waals surface area contributed by atoms with Crippen molar-refractivity contribution in [3.8, 4) is 11.1 Å². The second-order valence-electron chi connectivity index (χ2n) is 7.06. The van der Waals surface area contributed by atoms with Crippen LogP contribution in [-0.4, -0.2) is 12.7 Å². The fourth-order valence-electron chi connectivity index (χ4n) is 3.67. The van der Waals surface area contributed by atoms with Gasteiger partial charge in [0, 0.05) is 11.5 Å². The summed E-state index contributed by atoms with van der Waals surface area (Å²) >= 11 is 0. The summed E-state index contributed by atoms with van der Waals surface area (Å²) in [4.78, 5) is 0. The van der Waals surface area contributed by atoms with Gasteiger partial charge >= 0.3 is 0 Å². The summed E-state index contributed by atoms with van der Waals surface area (Å²) in [5.74, 6) is -2.33. The molecule has 3 rings (SSSR count). The number of aryl methyl sites for hydroxylation is 1. The van der Waals surface area contributed by atoms with E-state index < -0.39 is 11.6 Å². The molecule has 144 valence electrons. The molecule has 2 aromatic rings. The van der Waals surface area contributed by atoms with Crippen molar-refractivity contribution in [2.75, 3.05) is 6.61 Å². The van der Waals surface area contributed by atoms with Gasteiger partial charge in [0.25, 0.3) is 0 Å². The van der Waals surface area contributed by atoms with Gasteiger partial charge < -0.3 is 4.74 Å². The molecule has 1 nitrogen and oxygen atoms in total. The summed E-state index contributed by atoms with van der Waals surface area (Å²) < 4.78 is 49.4. The molecule has 1 aliphatic heterocycles. The lowest BCUT2D eigenvalue weighted by atomic mass is 9.89. The Kier molecular flexibility index (Phi) is 6.38. The zero-order chi connectivity index (χ0) is 19.4. The van der Waals surface area contributed by atoms with Crippen molar-refractivity contribution in [3.05, 3.63) is 71.1 Å². The molecule has 2 atom stereocenters. The van der Waals surface area contributed by atoms with Gasteiger partial charge in [-0.1, -0.05) is 49.8 Å². The van der Waals surface area contributed by atoms with Gasteiger partial charge in [0.1, 0.15) is 5.82 Å². The summed E-state index contributed by atoms with van der Waals surface area (Å²) in [6.07, 6.45) is 6.93. The van der Waals surface area contributed by atoms with E-state index in [1.165, 1.54) is 6.07 Å². The third-order valence-electron chi connectivity index (χ3n) is 5.15. The van der Waals surface area contributed by atoms with E-state index in [2.05, 4.69) is 0 Å². The van der Waals surface area contributed by atoms with Gasteiger partial charge in [-0.25, -0.2) is 13.2 Å². The van der Waals surface area contributed by atoms with Crippen LogP contribution in [0.25, 0.3) is 11.1 Å². The zero-order valence-electron chi connectivity index (χ0n) is 15.8. The Bertz CT molecular complexity index is 821. The molecule has 1 heterocycles. The van der Waals surface area contributed by atoms with Crippen LogP contribution in [0.1, 0.15) is 50.2 Å². The number of hydrogen-bond acceptors (Lipinski definition) is 1. The van der Waals surface area contributed by atoms with Crippen LogP contribution in [0, 0.1) is 17.5 Å². The smallest absolute Gasteiger partial charge is 0.166 e. The van der Waals surface area contributed by atoms with Gasteiger partial charge in [-0.05, 0) is 48.9 Å². The van der Waals surface area contributed by atoms with Crippen molar-refractivity contribution in [2.45, 2.75) is 51.6 Å². The minimum absolute atomic E-state index is 0.0445. The van der Waals surface area contributed by atoms with E-state index >= 15 is 0 Å². The fraction of sp³-hybridized carbons (Fsp3) is 0.391. The van der Waals surface area contributed by atoms with E-state index in [0.717, 1.165) is 19.3 Å². The summed E-state index contributed by atoms with van der Waals surface area (Å²) in [6, 6.07) is 7.73. The highest BCUT2D eigenvalue weighted by Crippen LogP contribution is 2.34. The highest BCUT2D eigenvalue weighted by Gasteiger charge is 2.26. The molecule has 1 aliphatic rings. The predicted molar refractivity (Wildman–Crippen MR) is 102 cm³/mol. The van der Waals surface area contributed by atoms with Crippen LogP contribution in [0.4, 0.5) is 13.2 Å². The molecule has 27 heavy (non-hydrogen) atoms. The molecule has 0 spiro atoms. The minimum atomic E-state index is -0.925.